The molecule has 0 saturated carbocycles. The van der Waals surface area contributed by atoms with Crippen molar-refractivity contribution < 1.29 is 4.42 Å². The van der Waals surface area contributed by atoms with Gasteiger partial charge in [0.25, 0.3) is 0 Å². The minimum Gasteiger partial charge on any atom is -0.456 e. The van der Waals surface area contributed by atoms with Gasteiger partial charge in [-0.1, -0.05) is 129 Å². The number of hydrogen-bond donors (Lipinski definition) is 0. The fourth-order valence-electron chi connectivity index (χ4n) is 8.04. The van der Waals surface area contributed by atoms with Gasteiger partial charge in [-0.2, -0.15) is 0 Å². The third kappa shape index (κ3) is 4.63. The molecular weight excluding hydrogens is 595 g/mol. The van der Waals surface area contributed by atoms with Crippen molar-refractivity contribution in [1.82, 2.24) is 0 Å². The maximum atomic E-state index is 6.41. The van der Waals surface area contributed by atoms with E-state index in [0.29, 0.717) is 0 Å². The zero-order valence-corrected chi connectivity index (χ0v) is 28.1. The van der Waals surface area contributed by atoms with Crippen molar-refractivity contribution in [1.29, 1.82) is 0 Å². The van der Waals surface area contributed by atoms with E-state index in [-0.39, 0.29) is 5.41 Å². The van der Waals surface area contributed by atoms with Gasteiger partial charge < -0.3 is 9.32 Å². The molecule has 0 radical (unpaired) electrons. The fraction of sp³-hybridized carbons (Fsp3) is 0.106. The highest BCUT2D eigenvalue weighted by Gasteiger charge is 2.38. The molecule has 0 bridgehead atoms. The zero-order valence-electron chi connectivity index (χ0n) is 28.1. The molecule has 0 aliphatic heterocycles. The van der Waals surface area contributed by atoms with Crippen LogP contribution in [-0.2, 0) is 5.41 Å². The Balaban J connectivity index is 1.31. The van der Waals surface area contributed by atoms with Crippen LogP contribution in [0.15, 0.2) is 173 Å². The van der Waals surface area contributed by atoms with Crippen molar-refractivity contribution in [2.24, 2.45) is 0 Å². The van der Waals surface area contributed by atoms with Crippen LogP contribution in [0.25, 0.3) is 55.0 Å². The molecule has 2 aliphatic rings. The molecule has 2 nitrogen and oxygen atoms in total. The summed E-state index contributed by atoms with van der Waals surface area (Å²) >= 11 is 0. The summed E-state index contributed by atoms with van der Waals surface area (Å²) in [6.07, 6.45) is 14.1. The monoisotopic (exact) mass is 631 g/mol. The molecule has 0 N–H and O–H groups in total. The van der Waals surface area contributed by atoms with Crippen LogP contribution >= 0.6 is 0 Å². The summed E-state index contributed by atoms with van der Waals surface area (Å²) in [5.74, 6) is 0. The minimum absolute atomic E-state index is 0.105. The summed E-state index contributed by atoms with van der Waals surface area (Å²) in [7, 11) is 0. The van der Waals surface area contributed by atoms with Gasteiger partial charge in [-0.25, -0.2) is 0 Å². The third-order valence-electron chi connectivity index (χ3n) is 10.4. The van der Waals surface area contributed by atoms with Gasteiger partial charge in [0, 0.05) is 33.0 Å². The summed E-state index contributed by atoms with van der Waals surface area (Å²) in [6, 6.07) is 44.2. The lowest BCUT2D eigenvalue weighted by atomic mass is 9.82. The van der Waals surface area contributed by atoms with E-state index >= 15 is 0 Å². The first-order chi connectivity index (χ1) is 24.0. The lowest BCUT2D eigenvalue weighted by Crippen LogP contribution is -2.20. The molecule has 6 aromatic carbocycles. The van der Waals surface area contributed by atoms with Crippen LogP contribution in [0.3, 0.4) is 0 Å². The Labute approximate surface area is 287 Å². The van der Waals surface area contributed by atoms with Crippen LogP contribution in [0.4, 0.5) is 11.4 Å². The maximum absolute atomic E-state index is 6.41. The number of nitrogens with zero attached hydrogens (tertiary/aromatic N) is 1. The molecule has 7 aromatic rings. The number of furan rings is 1. The molecule has 0 atom stereocenters. The van der Waals surface area contributed by atoms with Crippen molar-refractivity contribution in [2.75, 3.05) is 4.90 Å². The van der Waals surface area contributed by atoms with E-state index in [1.54, 1.807) is 0 Å². The number of hydrogen-bond acceptors (Lipinski definition) is 2. The fourth-order valence-corrected chi connectivity index (χ4v) is 8.04. The van der Waals surface area contributed by atoms with E-state index in [1.165, 1.54) is 55.5 Å². The summed E-state index contributed by atoms with van der Waals surface area (Å²) in [5.41, 5.74) is 14.2. The molecule has 1 heterocycles. The SMILES string of the molecule is C/C=C\C(=C1\C=CC=CC1)N(c1ccccc1-c1ccc2oc3cc4ccccc4cc3c2c1)c1cccc2c1-c1ccccc1C2(C)C. The second-order valence-electron chi connectivity index (χ2n) is 13.6. The lowest BCUT2D eigenvalue weighted by Gasteiger charge is -2.32. The average Bonchev–Trinajstić information content (AvgIpc) is 3.62. The molecule has 0 unspecified atom stereocenters. The van der Waals surface area contributed by atoms with Crippen LogP contribution in [0.5, 0.6) is 0 Å². The van der Waals surface area contributed by atoms with Gasteiger partial charge in [0.05, 0.1) is 11.4 Å². The molecule has 0 spiro atoms. The van der Waals surface area contributed by atoms with Crippen LogP contribution in [0, 0.1) is 0 Å². The van der Waals surface area contributed by atoms with E-state index in [9.17, 15) is 0 Å². The molecule has 236 valence electrons. The number of allylic oxidation sites excluding steroid dienone is 7. The highest BCUT2D eigenvalue weighted by atomic mass is 16.3. The van der Waals surface area contributed by atoms with Gasteiger partial charge in [0.1, 0.15) is 11.2 Å². The summed E-state index contributed by atoms with van der Waals surface area (Å²) in [4.78, 5) is 2.51. The first kappa shape index (κ1) is 29.3. The second-order valence-corrected chi connectivity index (χ2v) is 13.6. The lowest BCUT2D eigenvalue weighted by molar-refractivity contribution is 0.660. The van der Waals surface area contributed by atoms with Gasteiger partial charge in [-0.05, 0) is 94.4 Å². The maximum Gasteiger partial charge on any atom is 0.136 e. The highest BCUT2D eigenvalue weighted by Crippen LogP contribution is 2.54. The molecule has 0 saturated heterocycles. The number of anilines is 2. The van der Waals surface area contributed by atoms with Crippen LogP contribution < -0.4 is 4.90 Å². The molecule has 49 heavy (non-hydrogen) atoms. The molecular formula is C47H37NO. The quantitative estimate of drug-likeness (QED) is 0.188. The van der Waals surface area contributed by atoms with Crippen LogP contribution in [0.1, 0.15) is 38.3 Å². The number of fused-ring (bicyclic) bond motifs is 7. The molecule has 2 heteroatoms. The van der Waals surface area contributed by atoms with Crippen molar-refractivity contribution in [3.63, 3.8) is 0 Å². The molecule has 0 amide bonds. The van der Waals surface area contributed by atoms with Crippen LogP contribution in [-0.4, -0.2) is 0 Å². The first-order valence-corrected chi connectivity index (χ1v) is 17.2. The van der Waals surface area contributed by atoms with Gasteiger partial charge in [-0.15, -0.1) is 0 Å². The van der Waals surface area contributed by atoms with E-state index in [0.717, 1.165) is 39.6 Å². The van der Waals surface area contributed by atoms with E-state index in [1.807, 2.05) is 0 Å². The smallest absolute Gasteiger partial charge is 0.136 e. The Morgan fingerprint density at radius 1 is 0.673 bits per heavy atom. The Morgan fingerprint density at radius 2 is 1.39 bits per heavy atom. The van der Waals surface area contributed by atoms with Gasteiger partial charge >= 0.3 is 0 Å². The molecule has 9 rings (SSSR count). The summed E-state index contributed by atoms with van der Waals surface area (Å²) in [5, 5.41) is 4.67. The summed E-state index contributed by atoms with van der Waals surface area (Å²) < 4.78 is 6.41. The van der Waals surface area contributed by atoms with Crippen LogP contribution in [0.2, 0.25) is 0 Å². The Morgan fingerprint density at radius 3 is 2.20 bits per heavy atom. The Hall–Kier alpha value is -5.86. The summed E-state index contributed by atoms with van der Waals surface area (Å²) in [6.45, 7) is 6.82. The zero-order chi connectivity index (χ0) is 33.1. The standard InChI is InChI=1S/C47H37NO/c1-4-15-41(31-16-6-5-7-17-31)48(43-25-14-23-40-46(43)36-21-10-12-22-39(36)47(40,2)3)42-24-13-11-20-35(42)34-26-27-44-37(29-34)38-28-32-18-8-9-19-33(32)30-45(38)49-44/h4-16,18-30H,17H2,1-3H3/b15-4-,41-31+. The van der Waals surface area contributed by atoms with Gasteiger partial charge in [-0.3, -0.25) is 0 Å². The number of rotatable bonds is 5. The second kappa shape index (κ2) is 11.4. The molecule has 1 aromatic heterocycles. The van der Waals surface area contributed by atoms with E-state index in [2.05, 4.69) is 183 Å². The predicted octanol–water partition coefficient (Wildman–Crippen LogP) is 13.2. The Bertz CT molecular complexity index is 2570. The largest absolute Gasteiger partial charge is 0.456 e. The van der Waals surface area contributed by atoms with Crippen molar-refractivity contribution in [2.45, 2.75) is 32.6 Å². The van der Waals surface area contributed by atoms with E-state index in [4.69, 9.17) is 4.42 Å². The molecule has 0 fully saturated rings. The number of para-hydroxylation sites is 1. The predicted molar refractivity (Wildman–Crippen MR) is 208 cm³/mol. The van der Waals surface area contributed by atoms with E-state index < -0.39 is 0 Å². The topological polar surface area (TPSA) is 16.4 Å². The molecule has 2 aliphatic carbocycles. The highest BCUT2D eigenvalue weighted by molar-refractivity contribution is 6.11. The third-order valence-corrected chi connectivity index (χ3v) is 10.4. The first-order valence-electron chi connectivity index (χ1n) is 17.2. The average molecular weight is 632 g/mol. The van der Waals surface area contributed by atoms with Crippen molar-refractivity contribution in [3.8, 4) is 22.3 Å². The van der Waals surface area contributed by atoms with Crippen molar-refractivity contribution >= 4 is 44.1 Å². The number of benzene rings is 6. The normalized spacial score (nSPS) is 15.7. The minimum atomic E-state index is -0.105. The Kier molecular flexibility index (Phi) is 6.81. The van der Waals surface area contributed by atoms with Gasteiger partial charge in [0.15, 0.2) is 0 Å². The van der Waals surface area contributed by atoms with Crippen molar-refractivity contribution in [3.05, 3.63) is 180 Å². The van der Waals surface area contributed by atoms with Gasteiger partial charge in [0.2, 0.25) is 0 Å².